The third-order valence-corrected chi connectivity index (χ3v) is 6.52. The van der Waals surface area contributed by atoms with Crippen LogP contribution in [0, 0.1) is 11.8 Å². The highest BCUT2D eigenvalue weighted by Crippen LogP contribution is 2.66. The number of likely N-dealkylation sites (tertiary alicyclic amines) is 1. The van der Waals surface area contributed by atoms with Crippen molar-refractivity contribution < 1.29 is 0 Å². The first-order chi connectivity index (χ1) is 10.4. The van der Waals surface area contributed by atoms with Crippen LogP contribution < -0.4 is 0 Å². The fourth-order valence-electron chi connectivity index (χ4n) is 5.57. The summed E-state index contributed by atoms with van der Waals surface area (Å²) in [6.07, 6.45) is 13.0. The quantitative estimate of drug-likeness (QED) is 0.759. The maximum atomic E-state index is 2.92. The van der Waals surface area contributed by atoms with Crippen LogP contribution in [0.15, 0.2) is 30.3 Å². The molecule has 0 amide bonds. The van der Waals surface area contributed by atoms with E-state index in [9.17, 15) is 0 Å². The molecule has 3 fully saturated rings. The number of aryl methyl sites for hydroxylation is 1. The van der Waals surface area contributed by atoms with Gasteiger partial charge in [0, 0.05) is 5.54 Å². The van der Waals surface area contributed by atoms with Crippen LogP contribution in [0.2, 0.25) is 0 Å². The van der Waals surface area contributed by atoms with Crippen molar-refractivity contribution in [1.29, 1.82) is 0 Å². The average Bonchev–Trinajstić information content (AvgIpc) is 2.94. The largest absolute Gasteiger partial charge is 0.297 e. The maximum absolute atomic E-state index is 2.92. The molecule has 1 aliphatic heterocycles. The zero-order valence-corrected chi connectivity index (χ0v) is 13.3. The van der Waals surface area contributed by atoms with Crippen LogP contribution in [0.25, 0.3) is 0 Å². The average molecular weight is 283 g/mol. The summed E-state index contributed by atoms with van der Waals surface area (Å²) >= 11 is 0. The minimum Gasteiger partial charge on any atom is -0.297 e. The molecule has 0 aromatic heterocycles. The number of fused-ring (bicyclic) bond motifs is 1. The normalized spacial score (nSPS) is 35.6. The summed E-state index contributed by atoms with van der Waals surface area (Å²) < 4.78 is 0. The van der Waals surface area contributed by atoms with Crippen molar-refractivity contribution in [3.05, 3.63) is 35.9 Å². The van der Waals surface area contributed by atoms with Crippen LogP contribution >= 0.6 is 0 Å². The molecular weight excluding hydrogens is 254 g/mol. The minimum atomic E-state index is 0.678. The third-order valence-electron chi connectivity index (χ3n) is 6.52. The molecule has 0 spiro atoms. The summed E-state index contributed by atoms with van der Waals surface area (Å²) in [4.78, 5) is 2.92. The Morgan fingerprint density at radius 2 is 1.81 bits per heavy atom. The molecule has 1 heteroatoms. The number of benzene rings is 1. The molecule has 0 N–H and O–H groups in total. The Bertz CT molecular complexity index is 462. The van der Waals surface area contributed by atoms with Crippen molar-refractivity contribution >= 4 is 0 Å². The second kappa shape index (κ2) is 5.76. The van der Waals surface area contributed by atoms with E-state index >= 15 is 0 Å². The highest BCUT2D eigenvalue weighted by molar-refractivity contribution is 5.22. The van der Waals surface area contributed by atoms with Crippen molar-refractivity contribution in [2.24, 2.45) is 11.8 Å². The number of hydrogen-bond acceptors (Lipinski definition) is 1. The van der Waals surface area contributed by atoms with Crippen molar-refractivity contribution in [1.82, 2.24) is 4.90 Å². The monoisotopic (exact) mass is 283 g/mol. The zero-order chi connectivity index (χ0) is 14.1. The van der Waals surface area contributed by atoms with Gasteiger partial charge in [-0.25, -0.2) is 0 Å². The molecule has 1 aromatic carbocycles. The van der Waals surface area contributed by atoms with E-state index in [1.165, 1.54) is 76.4 Å². The van der Waals surface area contributed by atoms with Gasteiger partial charge in [0.15, 0.2) is 0 Å². The predicted molar refractivity (Wildman–Crippen MR) is 88.4 cm³/mol. The number of hydrogen-bond donors (Lipinski definition) is 0. The maximum Gasteiger partial charge on any atom is 0.0272 e. The van der Waals surface area contributed by atoms with E-state index in [-0.39, 0.29) is 0 Å². The van der Waals surface area contributed by atoms with Gasteiger partial charge < -0.3 is 0 Å². The molecule has 21 heavy (non-hydrogen) atoms. The summed E-state index contributed by atoms with van der Waals surface area (Å²) in [6.45, 7) is 2.79. The van der Waals surface area contributed by atoms with Gasteiger partial charge in [-0.15, -0.1) is 0 Å². The van der Waals surface area contributed by atoms with Crippen molar-refractivity contribution in [2.75, 3.05) is 13.1 Å². The molecule has 1 nitrogen and oxygen atoms in total. The molecule has 0 bridgehead atoms. The molecule has 1 heterocycles. The van der Waals surface area contributed by atoms with E-state index in [4.69, 9.17) is 0 Å². The van der Waals surface area contributed by atoms with Crippen LogP contribution in [-0.4, -0.2) is 23.5 Å². The second-order valence-corrected chi connectivity index (χ2v) is 7.52. The van der Waals surface area contributed by atoms with Gasteiger partial charge in [-0.3, -0.25) is 4.90 Å². The van der Waals surface area contributed by atoms with E-state index in [0.717, 1.165) is 11.8 Å². The van der Waals surface area contributed by atoms with E-state index in [2.05, 4.69) is 35.2 Å². The smallest absolute Gasteiger partial charge is 0.0272 e. The second-order valence-electron chi connectivity index (χ2n) is 7.52. The van der Waals surface area contributed by atoms with Crippen LogP contribution in [0.4, 0.5) is 0 Å². The Hall–Kier alpha value is -0.820. The van der Waals surface area contributed by atoms with Crippen molar-refractivity contribution in [3.63, 3.8) is 0 Å². The van der Waals surface area contributed by atoms with Crippen molar-refractivity contribution in [3.8, 4) is 0 Å². The fourth-order valence-corrected chi connectivity index (χ4v) is 5.57. The Labute approximate surface area is 129 Å². The van der Waals surface area contributed by atoms with E-state index in [0.29, 0.717) is 5.54 Å². The lowest BCUT2D eigenvalue weighted by atomic mass is 9.98. The Morgan fingerprint density at radius 3 is 2.62 bits per heavy atom. The Morgan fingerprint density at radius 1 is 1.00 bits per heavy atom. The van der Waals surface area contributed by atoms with Crippen molar-refractivity contribution in [2.45, 2.75) is 63.3 Å². The highest BCUT2D eigenvalue weighted by atomic mass is 15.3. The van der Waals surface area contributed by atoms with Crippen LogP contribution in [-0.2, 0) is 6.42 Å². The lowest BCUT2D eigenvalue weighted by molar-refractivity contribution is 0.126. The lowest BCUT2D eigenvalue weighted by Crippen LogP contribution is -2.42. The molecule has 0 radical (unpaired) electrons. The first-order valence-electron chi connectivity index (χ1n) is 9.20. The van der Waals surface area contributed by atoms with E-state index in [1.54, 1.807) is 0 Å². The molecular formula is C20H29N. The summed E-state index contributed by atoms with van der Waals surface area (Å²) in [6, 6.07) is 11.1. The van der Waals surface area contributed by atoms with Crippen LogP contribution in [0.3, 0.4) is 0 Å². The molecule has 114 valence electrons. The summed E-state index contributed by atoms with van der Waals surface area (Å²) in [5.74, 6) is 2.10. The third kappa shape index (κ3) is 2.44. The highest BCUT2D eigenvalue weighted by Gasteiger charge is 2.68. The van der Waals surface area contributed by atoms with Gasteiger partial charge in [-0.05, 0) is 75.4 Å². The van der Waals surface area contributed by atoms with Gasteiger partial charge in [0.05, 0.1) is 0 Å². The standard InChI is InChI=1S/C20H29N/c1-3-9-17(10-4-1)11-7-12-18-19-13-8-14-20(18,19)21-15-5-2-6-16-21/h1,3-4,9-10,18-19H,2,5-8,11-16H2/t18-,19+,20-/m1/s1. The molecule has 3 aliphatic rings. The van der Waals surface area contributed by atoms with Crippen LogP contribution in [0.1, 0.15) is 56.9 Å². The summed E-state index contributed by atoms with van der Waals surface area (Å²) in [5, 5.41) is 0. The molecule has 4 rings (SSSR count). The van der Waals surface area contributed by atoms with Crippen LogP contribution in [0.5, 0.6) is 0 Å². The van der Waals surface area contributed by atoms with Gasteiger partial charge in [-0.1, -0.05) is 43.2 Å². The molecule has 0 unspecified atom stereocenters. The first-order valence-corrected chi connectivity index (χ1v) is 9.20. The SMILES string of the molecule is c1ccc(CCC[C@@H]2[C@@H]3CCC[C@@]23N2CCCCC2)cc1. The first kappa shape index (κ1) is 13.8. The summed E-state index contributed by atoms with van der Waals surface area (Å²) in [7, 11) is 0. The molecule has 1 saturated heterocycles. The minimum absolute atomic E-state index is 0.678. The van der Waals surface area contributed by atoms with Gasteiger partial charge >= 0.3 is 0 Å². The predicted octanol–water partition coefficient (Wildman–Crippen LogP) is 4.66. The molecule has 2 saturated carbocycles. The molecule has 1 aromatic rings. The number of nitrogens with zero attached hydrogens (tertiary/aromatic N) is 1. The van der Waals surface area contributed by atoms with Gasteiger partial charge in [0.1, 0.15) is 0 Å². The van der Waals surface area contributed by atoms with Gasteiger partial charge in [0.25, 0.3) is 0 Å². The lowest BCUT2D eigenvalue weighted by Gasteiger charge is -2.35. The number of rotatable bonds is 5. The van der Waals surface area contributed by atoms with Gasteiger partial charge in [0.2, 0.25) is 0 Å². The topological polar surface area (TPSA) is 3.24 Å². The van der Waals surface area contributed by atoms with E-state index in [1.807, 2.05) is 0 Å². The fraction of sp³-hybridized carbons (Fsp3) is 0.700. The Kier molecular flexibility index (Phi) is 3.79. The summed E-state index contributed by atoms with van der Waals surface area (Å²) in [5.41, 5.74) is 2.20. The Balaban J connectivity index is 1.34. The van der Waals surface area contributed by atoms with E-state index < -0.39 is 0 Å². The molecule has 3 atom stereocenters. The zero-order valence-electron chi connectivity index (χ0n) is 13.3. The number of piperidine rings is 1. The molecule has 2 aliphatic carbocycles. The van der Waals surface area contributed by atoms with Gasteiger partial charge in [-0.2, -0.15) is 0 Å².